The number of hydrogen-bond donors (Lipinski definition) is 1. The number of rotatable bonds is 7. The standard InChI is InChI=1S/C24H31N3O2/c1-18-13-14-20(23(26-18)27-15-7-8-16-27)17-25-24(28)22(19-9-3-2-4-10-19)29-21-11-5-6-12-21/h2-4,9-10,13-14,21-22H,5-8,11-12,15-17H2,1H3,(H,25,28)/t22-/m1/s1. The van der Waals surface area contributed by atoms with Crippen LogP contribution in [0.25, 0.3) is 0 Å². The molecule has 0 spiro atoms. The Morgan fingerprint density at radius 1 is 1.10 bits per heavy atom. The number of pyridine rings is 1. The fraction of sp³-hybridized carbons (Fsp3) is 0.500. The lowest BCUT2D eigenvalue weighted by Gasteiger charge is -2.23. The summed E-state index contributed by atoms with van der Waals surface area (Å²) in [6.07, 6.45) is 6.46. The smallest absolute Gasteiger partial charge is 0.254 e. The SMILES string of the molecule is Cc1ccc(CNC(=O)[C@H](OC2CCCC2)c2ccccc2)c(N2CCCC2)n1. The fourth-order valence-electron chi connectivity index (χ4n) is 4.32. The second-order valence-corrected chi connectivity index (χ2v) is 8.18. The van der Waals surface area contributed by atoms with Crippen molar-refractivity contribution in [2.24, 2.45) is 0 Å². The summed E-state index contributed by atoms with van der Waals surface area (Å²) in [6, 6.07) is 13.9. The third kappa shape index (κ3) is 4.96. The molecule has 2 aliphatic rings. The van der Waals surface area contributed by atoms with Crippen molar-refractivity contribution in [3.05, 3.63) is 59.3 Å². The van der Waals surface area contributed by atoms with Gasteiger partial charge in [0.25, 0.3) is 5.91 Å². The Kier molecular flexibility index (Phi) is 6.45. The van der Waals surface area contributed by atoms with Crippen molar-refractivity contribution in [3.8, 4) is 0 Å². The topological polar surface area (TPSA) is 54.5 Å². The van der Waals surface area contributed by atoms with Crippen LogP contribution < -0.4 is 10.2 Å². The second-order valence-electron chi connectivity index (χ2n) is 8.18. The van der Waals surface area contributed by atoms with E-state index in [-0.39, 0.29) is 12.0 Å². The summed E-state index contributed by atoms with van der Waals surface area (Å²) in [6.45, 7) is 4.56. The Morgan fingerprint density at radius 3 is 2.55 bits per heavy atom. The minimum atomic E-state index is -0.562. The van der Waals surface area contributed by atoms with Crippen LogP contribution in [-0.4, -0.2) is 30.1 Å². The first-order valence-electron chi connectivity index (χ1n) is 10.9. The molecule has 0 radical (unpaired) electrons. The predicted octanol–water partition coefficient (Wildman–Crippen LogP) is 4.31. The highest BCUT2D eigenvalue weighted by Gasteiger charge is 2.27. The minimum absolute atomic E-state index is 0.0731. The largest absolute Gasteiger partial charge is 0.360 e. The molecule has 2 aromatic rings. The molecule has 1 amide bonds. The number of aromatic nitrogens is 1. The van der Waals surface area contributed by atoms with Gasteiger partial charge in [0.2, 0.25) is 0 Å². The summed E-state index contributed by atoms with van der Waals surface area (Å²) in [5.74, 6) is 0.937. The van der Waals surface area contributed by atoms with Gasteiger partial charge < -0.3 is 15.0 Å². The molecule has 0 unspecified atom stereocenters. The van der Waals surface area contributed by atoms with Gasteiger partial charge in [0.15, 0.2) is 6.10 Å². The average molecular weight is 394 g/mol. The lowest BCUT2D eigenvalue weighted by Crippen LogP contribution is -2.33. The van der Waals surface area contributed by atoms with E-state index in [0.29, 0.717) is 6.54 Å². The van der Waals surface area contributed by atoms with Gasteiger partial charge in [-0.1, -0.05) is 49.2 Å². The van der Waals surface area contributed by atoms with Gasteiger partial charge in [0.05, 0.1) is 6.10 Å². The molecule has 4 rings (SSSR count). The lowest BCUT2D eigenvalue weighted by molar-refractivity contribution is -0.137. The maximum Gasteiger partial charge on any atom is 0.254 e. The highest BCUT2D eigenvalue weighted by molar-refractivity contribution is 5.82. The normalized spacial score (nSPS) is 18.2. The van der Waals surface area contributed by atoms with Crippen molar-refractivity contribution in [1.82, 2.24) is 10.3 Å². The molecule has 1 saturated heterocycles. The molecule has 0 bridgehead atoms. The minimum Gasteiger partial charge on any atom is -0.360 e. The van der Waals surface area contributed by atoms with Gasteiger partial charge in [-0.25, -0.2) is 4.98 Å². The fourth-order valence-corrected chi connectivity index (χ4v) is 4.32. The number of carbonyl (C=O) groups excluding carboxylic acids is 1. The molecule has 1 aromatic carbocycles. The van der Waals surface area contributed by atoms with E-state index in [1.807, 2.05) is 43.3 Å². The van der Waals surface area contributed by atoms with Crippen LogP contribution >= 0.6 is 0 Å². The van der Waals surface area contributed by atoms with E-state index >= 15 is 0 Å². The molecule has 29 heavy (non-hydrogen) atoms. The number of nitrogens with one attached hydrogen (secondary N) is 1. The van der Waals surface area contributed by atoms with Crippen molar-refractivity contribution in [3.63, 3.8) is 0 Å². The van der Waals surface area contributed by atoms with Crippen LogP contribution in [0.3, 0.4) is 0 Å². The number of nitrogens with zero attached hydrogens (tertiary/aromatic N) is 2. The number of aryl methyl sites for hydroxylation is 1. The molecular formula is C24H31N3O2. The van der Waals surface area contributed by atoms with Crippen LogP contribution in [-0.2, 0) is 16.1 Å². The number of amides is 1. The summed E-state index contributed by atoms with van der Waals surface area (Å²) in [4.78, 5) is 20.2. The van der Waals surface area contributed by atoms with Gasteiger partial charge in [0.1, 0.15) is 5.82 Å². The van der Waals surface area contributed by atoms with Gasteiger partial charge in [-0.2, -0.15) is 0 Å². The Hall–Kier alpha value is -2.40. The molecule has 2 fully saturated rings. The van der Waals surface area contributed by atoms with Crippen molar-refractivity contribution in [2.75, 3.05) is 18.0 Å². The summed E-state index contributed by atoms with van der Waals surface area (Å²) in [5, 5.41) is 3.12. The van der Waals surface area contributed by atoms with Crippen LogP contribution in [0.5, 0.6) is 0 Å². The molecule has 1 aliphatic carbocycles. The molecular weight excluding hydrogens is 362 g/mol. The van der Waals surface area contributed by atoms with E-state index in [0.717, 1.165) is 48.6 Å². The van der Waals surface area contributed by atoms with E-state index in [1.165, 1.54) is 25.7 Å². The maximum absolute atomic E-state index is 13.1. The number of anilines is 1. The van der Waals surface area contributed by atoms with Crippen LogP contribution in [0.1, 0.15) is 61.4 Å². The maximum atomic E-state index is 13.1. The number of carbonyl (C=O) groups is 1. The molecule has 1 aliphatic heterocycles. The lowest BCUT2D eigenvalue weighted by atomic mass is 10.1. The number of hydrogen-bond acceptors (Lipinski definition) is 4. The second kappa shape index (κ2) is 9.40. The van der Waals surface area contributed by atoms with Gasteiger partial charge >= 0.3 is 0 Å². The molecule has 1 N–H and O–H groups in total. The van der Waals surface area contributed by atoms with Crippen molar-refractivity contribution in [2.45, 2.75) is 64.2 Å². The summed E-state index contributed by atoms with van der Waals surface area (Å²) in [5.41, 5.74) is 2.99. The predicted molar refractivity (Wildman–Crippen MR) is 115 cm³/mol. The quantitative estimate of drug-likeness (QED) is 0.762. The van der Waals surface area contributed by atoms with E-state index in [9.17, 15) is 4.79 Å². The third-order valence-electron chi connectivity index (χ3n) is 5.93. The van der Waals surface area contributed by atoms with Crippen molar-refractivity contribution < 1.29 is 9.53 Å². The molecule has 5 nitrogen and oxygen atoms in total. The Labute approximate surface area is 173 Å². The summed E-state index contributed by atoms with van der Waals surface area (Å²) in [7, 11) is 0. The van der Waals surface area contributed by atoms with Crippen molar-refractivity contribution >= 4 is 11.7 Å². The molecule has 2 heterocycles. The monoisotopic (exact) mass is 393 g/mol. The Morgan fingerprint density at radius 2 is 1.83 bits per heavy atom. The van der Waals surface area contributed by atoms with Gasteiger partial charge in [-0.3, -0.25) is 4.79 Å². The Bertz CT molecular complexity index is 812. The zero-order valence-electron chi connectivity index (χ0n) is 17.3. The molecule has 5 heteroatoms. The first-order chi connectivity index (χ1) is 14.2. The zero-order valence-corrected chi connectivity index (χ0v) is 17.3. The average Bonchev–Trinajstić information content (AvgIpc) is 3.45. The zero-order chi connectivity index (χ0) is 20.1. The summed E-state index contributed by atoms with van der Waals surface area (Å²) >= 11 is 0. The van der Waals surface area contributed by atoms with Crippen molar-refractivity contribution in [1.29, 1.82) is 0 Å². The molecule has 154 valence electrons. The first-order valence-corrected chi connectivity index (χ1v) is 10.9. The van der Waals surface area contributed by atoms with E-state index in [2.05, 4.69) is 16.3 Å². The van der Waals surface area contributed by atoms with Gasteiger partial charge in [-0.05, 0) is 44.2 Å². The van der Waals surface area contributed by atoms with Crippen LogP contribution in [0.15, 0.2) is 42.5 Å². The molecule has 1 atom stereocenters. The summed E-state index contributed by atoms with van der Waals surface area (Å²) < 4.78 is 6.26. The van der Waals surface area contributed by atoms with E-state index in [1.54, 1.807) is 0 Å². The van der Waals surface area contributed by atoms with Gasteiger partial charge in [-0.15, -0.1) is 0 Å². The van der Waals surface area contributed by atoms with E-state index in [4.69, 9.17) is 9.72 Å². The molecule has 1 aromatic heterocycles. The third-order valence-corrected chi connectivity index (χ3v) is 5.93. The van der Waals surface area contributed by atoms with Crippen LogP contribution in [0, 0.1) is 6.92 Å². The Balaban J connectivity index is 1.48. The van der Waals surface area contributed by atoms with Crippen LogP contribution in [0.2, 0.25) is 0 Å². The van der Waals surface area contributed by atoms with Crippen LogP contribution in [0.4, 0.5) is 5.82 Å². The highest BCUT2D eigenvalue weighted by Crippen LogP contribution is 2.28. The highest BCUT2D eigenvalue weighted by atomic mass is 16.5. The van der Waals surface area contributed by atoms with E-state index < -0.39 is 6.10 Å². The molecule has 1 saturated carbocycles. The first kappa shape index (κ1) is 19.9. The number of ether oxygens (including phenoxy) is 1. The van der Waals surface area contributed by atoms with Gasteiger partial charge in [0, 0.05) is 30.9 Å². The number of benzene rings is 1.